The second kappa shape index (κ2) is 6.14. The van der Waals surface area contributed by atoms with Crippen molar-refractivity contribution in [3.8, 4) is 0 Å². The fraction of sp³-hybridized carbons (Fsp3) is 0.538. The first-order chi connectivity index (χ1) is 9.10. The number of hydrogen-bond acceptors (Lipinski definition) is 4. The number of carbonyl (C=O) groups excluding carboxylic acids is 1. The van der Waals surface area contributed by atoms with Gasteiger partial charge in [-0.05, 0) is 37.7 Å². The molecule has 0 spiro atoms. The molecule has 1 fully saturated rings. The summed E-state index contributed by atoms with van der Waals surface area (Å²) in [6.07, 6.45) is 6.31. The number of amides is 1. The third-order valence-electron chi connectivity index (χ3n) is 3.34. The predicted molar refractivity (Wildman–Crippen MR) is 72.7 cm³/mol. The van der Waals surface area contributed by atoms with Gasteiger partial charge in [0.1, 0.15) is 0 Å². The average molecular weight is 283 g/mol. The second-order valence-electron chi connectivity index (χ2n) is 4.66. The van der Waals surface area contributed by atoms with Crippen LogP contribution < -0.4 is 5.32 Å². The van der Waals surface area contributed by atoms with Gasteiger partial charge in [0.05, 0.1) is 0 Å². The molecule has 5 nitrogen and oxygen atoms in total. The Hall–Kier alpha value is -1.43. The van der Waals surface area contributed by atoms with Crippen LogP contribution >= 0.6 is 11.8 Å². The summed E-state index contributed by atoms with van der Waals surface area (Å²) in [7, 11) is 0. The molecule has 1 aromatic rings. The van der Waals surface area contributed by atoms with Crippen molar-refractivity contribution in [3.63, 3.8) is 0 Å². The van der Waals surface area contributed by atoms with Gasteiger partial charge in [0.2, 0.25) is 5.76 Å². The molecule has 2 N–H and O–H groups in total. The maximum absolute atomic E-state index is 11.9. The zero-order valence-electron chi connectivity index (χ0n) is 10.7. The molecule has 1 saturated carbocycles. The van der Waals surface area contributed by atoms with E-state index in [2.05, 4.69) is 11.6 Å². The van der Waals surface area contributed by atoms with E-state index in [1.165, 1.54) is 18.6 Å². The Labute approximate surface area is 115 Å². The minimum absolute atomic E-state index is 0.0590. The first kappa shape index (κ1) is 14.0. The van der Waals surface area contributed by atoms with E-state index in [4.69, 9.17) is 9.52 Å². The Morgan fingerprint density at radius 1 is 1.37 bits per heavy atom. The normalized spacial score (nSPS) is 23.0. The zero-order chi connectivity index (χ0) is 13.8. The Balaban J connectivity index is 1.94. The maximum atomic E-state index is 11.9. The van der Waals surface area contributed by atoms with Gasteiger partial charge in [0, 0.05) is 11.3 Å². The van der Waals surface area contributed by atoms with Gasteiger partial charge < -0.3 is 14.8 Å². The van der Waals surface area contributed by atoms with Gasteiger partial charge in [0.25, 0.3) is 5.91 Å². The number of thioether (sulfide) groups is 1. The lowest BCUT2D eigenvalue weighted by Gasteiger charge is -2.28. The highest BCUT2D eigenvalue weighted by molar-refractivity contribution is 7.99. The van der Waals surface area contributed by atoms with Crippen LogP contribution in [-0.4, -0.2) is 34.5 Å². The number of nitrogens with one attached hydrogen (secondary N) is 1. The van der Waals surface area contributed by atoms with Crippen LogP contribution in [0.3, 0.4) is 0 Å². The van der Waals surface area contributed by atoms with E-state index in [0.29, 0.717) is 5.25 Å². The van der Waals surface area contributed by atoms with E-state index in [0.717, 1.165) is 19.3 Å². The summed E-state index contributed by atoms with van der Waals surface area (Å²) in [5, 5.41) is 12.2. The number of carbonyl (C=O) groups is 2. The smallest absolute Gasteiger partial charge is 0.371 e. The molecule has 0 aromatic carbocycles. The summed E-state index contributed by atoms with van der Waals surface area (Å²) in [6.45, 7) is 0. The Bertz CT molecular complexity index is 471. The predicted octanol–water partition coefficient (Wildman–Crippen LogP) is 2.38. The summed E-state index contributed by atoms with van der Waals surface area (Å²) < 4.78 is 4.98. The molecule has 1 aliphatic rings. The highest BCUT2D eigenvalue weighted by Gasteiger charge is 2.24. The first-order valence-corrected chi connectivity index (χ1v) is 7.55. The topological polar surface area (TPSA) is 79.5 Å². The quantitative estimate of drug-likeness (QED) is 0.887. The van der Waals surface area contributed by atoms with Crippen molar-refractivity contribution in [1.29, 1.82) is 0 Å². The van der Waals surface area contributed by atoms with Crippen molar-refractivity contribution in [3.05, 3.63) is 23.7 Å². The number of furan rings is 1. The Morgan fingerprint density at radius 2 is 2.11 bits per heavy atom. The second-order valence-corrected chi connectivity index (χ2v) is 5.80. The number of hydrogen-bond donors (Lipinski definition) is 2. The summed E-state index contributed by atoms with van der Waals surface area (Å²) in [5.41, 5.74) is 0. The van der Waals surface area contributed by atoms with E-state index < -0.39 is 5.97 Å². The van der Waals surface area contributed by atoms with Crippen LogP contribution in [0, 0.1) is 0 Å². The van der Waals surface area contributed by atoms with Crippen molar-refractivity contribution in [1.82, 2.24) is 5.32 Å². The molecule has 0 unspecified atom stereocenters. The van der Waals surface area contributed by atoms with Crippen LogP contribution in [0.4, 0.5) is 0 Å². The molecule has 6 heteroatoms. The summed E-state index contributed by atoms with van der Waals surface area (Å²) >= 11 is 1.83. The minimum Gasteiger partial charge on any atom is -0.475 e. The number of carboxylic acid groups (broad SMARTS) is 1. The van der Waals surface area contributed by atoms with Gasteiger partial charge in [-0.3, -0.25) is 4.79 Å². The summed E-state index contributed by atoms with van der Waals surface area (Å²) in [5.74, 6) is -1.65. The lowest BCUT2D eigenvalue weighted by molar-refractivity contribution is 0.0659. The summed E-state index contributed by atoms with van der Waals surface area (Å²) in [4.78, 5) is 22.6. The molecular formula is C13H17NO4S. The van der Waals surface area contributed by atoms with Crippen LogP contribution in [-0.2, 0) is 0 Å². The highest BCUT2D eigenvalue weighted by atomic mass is 32.2. The number of rotatable bonds is 4. The van der Waals surface area contributed by atoms with Crippen molar-refractivity contribution in [2.24, 2.45) is 0 Å². The van der Waals surface area contributed by atoms with Crippen LogP contribution in [0.2, 0.25) is 0 Å². The third-order valence-corrected chi connectivity index (χ3v) is 4.43. The zero-order valence-corrected chi connectivity index (χ0v) is 11.5. The first-order valence-electron chi connectivity index (χ1n) is 6.27. The molecule has 1 amide bonds. The molecule has 1 aromatic heterocycles. The molecule has 2 rings (SSSR count). The van der Waals surface area contributed by atoms with E-state index in [1.807, 2.05) is 11.8 Å². The third kappa shape index (κ3) is 3.53. The van der Waals surface area contributed by atoms with Crippen LogP contribution in [0.5, 0.6) is 0 Å². The maximum Gasteiger partial charge on any atom is 0.371 e. The molecule has 0 aliphatic heterocycles. The van der Waals surface area contributed by atoms with Crippen molar-refractivity contribution < 1.29 is 19.1 Å². The molecule has 1 aliphatic carbocycles. The SMILES string of the molecule is CS[C@H]1CCC[C@H](NC(=O)c2ccc(C(=O)O)o2)C1. The van der Waals surface area contributed by atoms with Crippen LogP contribution in [0.1, 0.15) is 46.8 Å². The van der Waals surface area contributed by atoms with E-state index in [-0.39, 0.29) is 23.5 Å². The highest BCUT2D eigenvalue weighted by Crippen LogP contribution is 2.27. The van der Waals surface area contributed by atoms with Gasteiger partial charge >= 0.3 is 5.97 Å². The molecule has 0 bridgehead atoms. The molecule has 0 saturated heterocycles. The molecular weight excluding hydrogens is 266 g/mol. The molecule has 2 atom stereocenters. The van der Waals surface area contributed by atoms with Gasteiger partial charge in [0.15, 0.2) is 5.76 Å². The fourth-order valence-electron chi connectivity index (χ4n) is 2.32. The standard InChI is InChI=1S/C13H17NO4S/c1-19-9-4-2-3-8(7-9)14-12(15)10-5-6-11(18-10)13(16)17/h5-6,8-9H,2-4,7H2,1H3,(H,14,15)(H,16,17)/t8-,9-/m0/s1. The van der Waals surface area contributed by atoms with Crippen molar-refractivity contribution in [2.75, 3.05) is 6.26 Å². The summed E-state index contributed by atoms with van der Waals surface area (Å²) in [6, 6.07) is 2.84. The lowest BCUT2D eigenvalue weighted by atomic mass is 9.95. The van der Waals surface area contributed by atoms with E-state index in [9.17, 15) is 9.59 Å². The van der Waals surface area contributed by atoms with Gasteiger partial charge in [-0.25, -0.2) is 4.79 Å². The molecule has 19 heavy (non-hydrogen) atoms. The molecule has 1 heterocycles. The van der Waals surface area contributed by atoms with Gasteiger partial charge in [-0.1, -0.05) is 6.42 Å². The fourth-order valence-corrected chi connectivity index (χ4v) is 3.15. The minimum atomic E-state index is -1.17. The Kier molecular flexibility index (Phi) is 4.52. The molecule has 104 valence electrons. The van der Waals surface area contributed by atoms with E-state index in [1.54, 1.807) is 0 Å². The average Bonchev–Trinajstić information content (AvgIpc) is 2.89. The monoisotopic (exact) mass is 283 g/mol. The lowest BCUT2D eigenvalue weighted by Crippen LogP contribution is -2.38. The Morgan fingerprint density at radius 3 is 2.74 bits per heavy atom. The van der Waals surface area contributed by atoms with Crippen LogP contribution in [0.25, 0.3) is 0 Å². The largest absolute Gasteiger partial charge is 0.475 e. The number of aromatic carboxylic acids is 1. The van der Waals surface area contributed by atoms with Crippen LogP contribution in [0.15, 0.2) is 16.5 Å². The molecule has 0 radical (unpaired) electrons. The van der Waals surface area contributed by atoms with E-state index >= 15 is 0 Å². The van der Waals surface area contributed by atoms with Gasteiger partial charge in [-0.2, -0.15) is 11.8 Å². The number of carboxylic acids is 1. The van der Waals surface area contributed by atoms with Crippen molar-refractivity contribution >= 4 is 23.6 Å². The van der Waals surface area contributed by atoms with Crippen molar-refractivity contribution in [2.45, 2.75) is 37.0 Å². The van der Waals surface area contributed by atoms with Gasteiger partial charge in [-0.15, -0.1) is 0 Å².